The van der Waals surface area contributed by atoms with Gasteiger partial charge in [-0.15, -0.1) is 0 Å². The molecule has 14 atom stereocenters. The van der Waals surface area contributed by atoms with E-state index < -0.39 is 59.7 Å². The minimum absolute atomic E-state index is 0.00660. The largest absolute Gasteiger partial charge is 0.459 e. The van der Waals surface area contributed by atoms with Gasteiger partial charge in [0.25, 0.3) is 0 Å². The van der Waals surface area contributed by atoms with Gasteiger partial charge in [0.2, 0.25) is 6.41 Å². The Kier molecular flexibility index (Phi) is 15.9. The summed E-state index contributed by atoms with van der Waals surface area (Å²) in [6.07, 6.45) is -1.93. The molecule has 2 heterocycles. The summed E-state index contributed by atoms with van der Waals surface area (Å²) >= 11 is 0. The highest BCUT2D eigenvalue weighted by Crippen LogP contribution is 2.37. The van der Waals surface area contributed by atoms with Crippen molar-refractivity contribution < 1.29 is 43.2 Å². The van der Waals surface area contributed by atoms with Crippen LogP contribution >= 0.6 is 0 Å². The van der Waals surface area contributed by atoms with Crippen molar-refractivity contribution in [2.45, 2.75) is 141 Å². The monoisotopic (exact) mass is 686 g/mol. The number of amides is 1. The van der Waals surface area contributed by atoms with Crippen LogP contribution in [0.1, 0.15) is 74.7 Å². The van der Waals surface area contributed by atoms with E-state index in [2.05, 4.69) is 29.4 Å². The number of nitrogens with one attached hydrogen (secondary N) is 2. The predicted octanol–water partition coefficient (Wildman–Crippen LogP) is 1.83. The first-order valence-corrected chi connectivity index (χ1v) is 17.4. The second kappa shape index (κ2) is 18.0. The molecule has 280 valence electrons. The van der Waals surface area contributed by atoms with Gasteiger partial charge in [0.15, 0.2) is 12.1 Å². The van der Waals surface area contributed by atoms with E-state index in [9.17, 15) is 19.5 Å². The second-order valence-corrected chi connectivity index (χ2v) is 15.0. The number of methoxy groups -OCH3 is 2. The molecule has 48 heavy (non-hydrogen) atoms. The molecule has 13 heteroatoms. The molecule has 2 aliphatic heterocycles. The van der Waals surface area contributed by atoms with E-state index in [1.807, 2.05) is 53.9 Å². The van der Waals surface area contributed by atoms with Crippen molar-refractivity contribution in [3.05, 3.63) is 0 Å². The van der Waals surface area contributed by atoms with Crippen LogP contribution in [0.5, 0.6) is 0 Å². The van der Waals surface area contributed by atoms with Crippen molar-refractivity contribution in [1.82, 2.24) is 20.4 Å². The zero-order valence-corrected chi connectivity index (χ0v) is 31.9. The van der Waals surface area contributed by atoms with Crippen molar-refractivity contribution in [3.63, 3.8) is 0 Å². The van der Waals surface area contributed by atoms with Crippen LogP contribution in [-0.4, -0.2) is 148 Å². The summed E-state index contributed by atoms with van der Waals surface area (Å²) in [6.45, 7) is 15.5. The number of cyclic esters (lactones) is 1. The topological polar surface area (TPSA) is 148 Å². The number of ether oxygens (including phenoxy) is 5. The molecule has 0 aromatic carbocycles. The number of esters is 1. The van der Waals surface area contributed by atoms with Gasteiger partial charge in [-0.1, -0.05) is 20.8 Å². The Morgan fingerprint density at radius 1 is 1.10 bits per heavy atom. The molecule has 2 unspecified atom stereocenters. The van der Waals surface area contributed by atoms with Crippen LogP contribution in [0.3, 0.4) is 0 Å². The Morgan fingerprint density at radius 2 is 1.73 bits per heavy atom. The van der Waals surface area contributed by atoms with Crippen LogP contribution in [0.2, 0.25) is 0 Å². The minimum atomic E-state index is -1.15. The van der Waals surface area contributed by atoms with Gasteiger partial charge in [-0.3, -0.25) is 14.4 Å². The predicted molar refractivity (Wildman–Crippen MR) is 183 cm³/mol. The molecule has 0 spiro atoms. The SMILES string of the molecule is CC[C@H]1OC(=O)C(C)C(=O)[C@H](C)[C@@H](O[C@@H]2O[C@H]([C@@H](C)N(C)C)CC(N(C)C)[C@H]2O)[C@](C)(OC)C[C@@H](C)CN[C@H](C)[C@@H](NC=O)[C@]1(C)OC. The average Bonchev–Trinajstić information content (AvgIpc) is 3.05. The summed E-state index contributed by atoms with van der Waals surface area (Å²) in [5, 5.41) is 18.0. The molecule has 2 saturated heterocycles. The van der Waals surface area contributed by atoms with E-state index in [1.165, 1.54) is 14.0 Å². The molecule has 1 amide bonds. The number of carbonyl (C=O) groups excluding carboxylic acids is 3. The van der Waals surface area contributed by atoms with Gasteiger partial charge in [-0.2, -0.15) is 0 Å². The molecule has 3 N–H and O–H groups in total. The summed E-state index contributed by atoms with van der Waals surface area (Å²) in [4.78, 5) is 43.8. The number of carbonyl (C=O) groups is 3. The van der Waals surface area contributed by atoms with Crippen molar-refractivity contribution in [1.29, 1.82) is 0 Å². The maximum absolute atomic E-state index is 14.2. The van der Waals surface area contributed by atoms with Gasteiger partial charge in [0.1, 0.15) is 23.7 Å². The molecule has 0 saturated carbocycles. The van der Waals surface area contributed by atoms with Crippen LogP contribution in [0, 0.1) is 17.8 Å². The maximum Gasteiger partial charge on any atom is 0.316 e. The lowest BCUT2D eigenvalue weighted by atomic mass is 9.78. The van der Waals surface area contributed by atoms with E-state index in [4.69, 9.17) is 23.7 Å². The number of rotatable bonds is 10. The highest BCUT2D eigenvalue weighted by atomic mass is 16.7. The molecule has 13 nitrogen and oxygen atoms in total. The third kappa shape index (κ3) is 9.54. The van der Waals surface area contributed by atoms with Gasteiger partial charge in [-0.25, -0.2) is 0 Å². The van der Waals surface area contributed by atoms with Crippen LogP contribution in [-0.2, 0) is 38.1 Å². The van der Waals surface area contributed by atoms with Crippen LogP contribution < -0.4 is 10.6 Å². The molecular formula is C35H66N4O9. The molecule has 0 aromatic rings. The molecule has 0 radical (unpaired) electrons. The molecule has 0 aromatic heterocycles. The van der Waals surface area contributed by atoms with Crippen LogP contribution in [0.15, 0.2) is 0 Å². The lowest BCUT2D eigenvalue weighted by Gasteiger charge is -2.48. The van der Waals surface area contributed by atoms with E-state index in [-0.39, 0.29) is 35.9 Å². The quantitative estimate of drug-likeness (QED) is 0.175. The lowest BCUT2D eigenvalue weighted by molar-refractivity contribution is -0.302. The van der Waals surface area contributed by atoms with E-state index in [0.717, 1.165) is 0 Å². The average molecular weight is 687 g/mol. The number of aliphatic hydroxyl groups is 1. The van der Waals surface area contributed by atoms with E-state index in [1.54, 1.807) is 21.0 Å². The fraction of sp³-hybridized carbons (Fsp3) is 0.914. The normalized spacial score (nSPS) is 41.7. The summed E-state index contributed by atoms with van der Waals surface area (Å²) in [5.41, 5.74) is -2.15. The second-order valence-electron chi connectivity index (χ2n) is 15.0. The summed E-state index contributed by atoms with van der Waals surface area (Å²) in [7, 11) is 10.9. The fourth-order valence-electron chi connectivity index (χ4n) is 7.50. The number of hydrogen-bond donors (Lipinski definition) is 3. The number of hydrogen-bond acceptors (Lipinski definition) is 12. The smallest absolute Gasteiger partial charge is 0.316 e. The first-order valence-electron chi connectivity index (χ1n) is 17.4. The number of ketones is 1. The highest BCUT2D eigenvalue weighted by molar-refractivity contribution is 6.00. The third-order valence-corrected chi connectivity index (χ3v) is 11.1. The molecule has 2 rings (SSSR count). The van der Waals surface area contributed by atoms with Crippen molar-refractivity contribution >= 4 is 18.2 Å². The third-order valence-electron chi connectivity index (χ3n) is 11.1. The number of aliphatic hydroxyl groups excluding tert-OH is 1. The minimum Gasteiger partial charge on any atom is -0.459 e. The Morgan fingerprint density at radius 3 is 2.23 bits per heavy atom. The summed E-state index contributed by atoms with van der Waals surface area (Å²) in [6, 6.07) is -1.09. The summed E-state index contributed by atoms with van der Waals surface area (Å²) < 4.78 is 31.4. The summed E-state index contributed by atoms with van der Waals surface area (Å²) in [5.74, 6) is -3.07. The van der Waals surface area contributed by atoms with Crippen molar-refractivity contribution in [2.24, 2.45) is 17.8 Å². The Hall–Kier alpha value is -1.71. The molecule has 0 aliphatic carbocycles. The molecule has 2 fully saturated rings. The lowest BCUT2D eigenvalue weighted by Crippen LogP contribution is -2.65. The Bertz CT molecular complexity index is 1050. The van der Waals surface area contributed by atoms with Crippen LogP contribution in [0.4, 0.5) is 0 Å². The van der Waals surface area contributed by atoms with Gasteiger partial charge in [-0.05, 0) is 94.5 Å². The molecular weight excluding hydrogens is 620 g/mol. The first-order chi connectivity index (χ1) is 22.3. The highest BCUT2D eigenvalue weighted by Gasteiger charge is 2.51. The molecule has 2 aliphatic rings. The fourth-order valence-corrected chi connectivity index (χ4v) is 7.50. The van der Waals surface area contributed by atoms with Gasteiger partial charge in [0.05, 0.1) is 23.9 Å². The van der Waals surface area contributed by atoms with Crippen molar-refractivity contribution in [2.75, 3.05) is 49.0 Å². The van der Waals surface area contributed by atoms with Gasteiger partial charge in [0, 0.05) is 38.3 Å². The van der Waals surface area contributed by atoms with Crippen molar-refractivity contribution in [3.8, 4) is 0 Å². The first kappa shape index (κ1) is 42.5. The van der Waals surface area contributed by atoms with Gasteiger partial charge < -0.3 is 49.2 Å². The number of likely N-dealkylation sites (N-methyl/N-ethyl adjacent to an activating group) is 2. The number of Topliss-reactive ketones (excluding diaryl/α,β-unsaturated/α-hetero) is 1. The van der Waals surface area contributed by atoms with E-state index >= 15 is 0 Å². The van der Waals surface area contributed by atoms with E-state index in [0.29, 0.717) is 32.2 Å². The molecule has 0 bridgehead atoms. The zero-order valence-electron chi connectivity index (χ0n) is 31.9. The Labute approximate surface area is 289 Å². The Balaban J connectivity index is 2.64. The standard InChI is InChI=1S/C35H66N4O9/c1-15-27-35(8,45-14)30(37-19-40)23(5)36-18-20(2)17-34(7,44-13)31(21(3)28(41)22(4)32(43)47-27)48-33-29(42)25(39(11)12)16-26(46-33)24(6)38(9)10/h19-27,29-31,33,36,42H,15-18H2,1-14H3,(H,37,40)/t20-,21+,22?,23-,24-,25?,26+,27-,29-,30-,31-,33+,34-,35-/m1/s1. The van der Waals surface area contributed by atoms with Crippen LogP contribution in [0.25, 0.3) is 0 Å². The number of nitrogens with zero attached hydrogens (tertiary/aromatic N) is 2. The zero-order chi connectivity index (χ0) is 36.7. The van der Waals surface area contributed by atoms with Gasteiger partial charge >= 0.3 is 5.97 Å². The maximum atomic E-state index is 14.2.